The first-order chi connectivity index (χ1) is 16.5. The highest BCUT2D eigenvalue weighted by Gasteiger charge is 2.31. The predicted octanol–water partition coefficient (Wildman–Crippen LogP) is 5.55. The Morgan fingerprint density at radius 1 is 0.971 bits per heavy atom. The summed E-state index contributed by atoms with van der Waals surface area (Å²) >= 11 is 6.59. The summed E-state index contributed by atoms with van der Waals surface area (Å²) in [5.41, 5.74) is 1.05. The minimum absolute atomic E-state index is 0.0690. The molecular formula is C26H34N2O4S2. The highest BCUT2D eigenvalue weighted by atomic mass is 32.2. The van der Waals surface area contributed by atoms with Crippen molar-refractivity contribution >= 4 is 52.2 Å². The summed E-state index contributed by atoms with van der Waals surface area (Å²) in [5, 5.41) is 11.5. The number of thiocarbonyl (C=S) groups is 1. The Kier molecular flexibility index (Phi) is 13.3. The quantitative estimate of drug-likeness (QED) is 0.175. The number of hydrogen-bond acceptors (Lipinski definition) is 5. The van der Waals surface area contributed by atoms with Crippen molar-refractivity contribution in [2.24, 2.45) is 0 Å². The SMILES string of the molecule is O=C(O)CCCCCCCCCCNC(=O)CCN1C(=O)C(=CC=Cc2ccccc2)SC1=S. The van der Waals surface area contributed by atoms with Crippen molar-refractivity contribution in [2.75, 3.05) is 13.1 Å². The number of carboxylic acids is 1. The maximum Gasteiger partial charge on any atom is 0.303 e. The van der Waals surface area contributed by atoms with E-state index in [1.807, 2.05) is 42.5 Å². The maximum atomic E-state index is 12.6. The molecule has 1 fully saturated rings. The van der Waals surface area contributed by atoms with Gasteiger partial charge in [0.05, 0.1) is 4.91 Å². The minimum atomic E-state index is -0.718. The zero-order chi connectivity index (χ0) is 24.6. The molecule has 2 N–H and O–H groups in total. The molecule has 1 aliphatic rings. The van der Waals surface area contributed by atoms with Crippen LogP contribution in [0.4, 0.5) is 0 Å². The number of allylic oxidation sites excluding steroid dienone is 2. The van der Waals surface area contributed by atoms with E-state index < -0.39 is 5.97 Å². The van der Waals surface area contributed by atoms with Crippen LogP contribution in [-0.4, -0.2) is 45.2 Å². The number of rotatable bonds is 16. The van der Waals surface area contributed by atoms with E-state index in [9.17, 15) is 14.4 Å². The monoisotopic (exact) mass is 502 g/mol. The Balaban J connectivity index is 1.55. The van der Waals surface area contributed by atoms with Crippen LogP contribution < -0.4 is 5.32 Å². The van der Waals surface area contributed by atoms with Gasteiger partial charge in [0.25, 0.3) is 5.91 Å². The van der Waals surface area contributed by atoms with E-state index in [1.165, 1.54) is 16.7 Å². The molecule has 1 aromatic rings. The van der Waals surface area contributed by atoms with Crippen molar-refractivity contribution in [3.63, 3.8) is 0 Å². The summed E-state index contributed by atoms with van der Waals surface area (Å²) in [6.07, 6.45) is 14.2. The van der Waals surface area contributed by atoms with Crippen molar-refractivity contribution in [2.45, 2.75) is 64.2 Å². The van der Waals surface area contributed by atoms with Gasteiger partial charge in [-0.25, -0.2) is 0 Å². The summed E-state index contributed by atoms with van der Waals surface area (Å²) in [4.78, 5) is 37.3. The van der Waals surface area contributed by atoms with Crippen LogP contribution in [0.2, 0.25) is 0 Å². The lowest BCUT2D eigenvalue weighted by molar-refractivity contribution is -0.137. The van der Waals surface area contributed by atoms with Gasteiger partial charge in [0.15, 0.2) is 0 Å². The molecule has 0 unspecified atom stereocenters. The average Bonchev–Trinajstić information content (AvgIpc) is 3.09. The molecule has 0 atom stereocenters. The standard InChI is InChI=1S/C26H34N2O4S2/c29-23(27-19-11-6-4-2-1-3-5-10-17-24(30)31)18-20-28-25(32)22(34-26(28)33)16-12-15-21-13-8-7-9-14-21/h7-9,12-16H,1-6,10-11,17-20H2,(H,27,29)(H,30,31). The van der Waals surface area contributed by atoms with E-state index in [-0.39, 0.29) is 31.2 Å². The van der Waals surface area contributed by atoms with Crippen LogP contribution in [0, 0.1) is 0 Å². The molecule has 8 heteroatoms. The zero-order valence-corrected chi connectivity index (χ0v) is 21.2. The molecular weight excluding hydrogens is 468 g/mol. The van der Waals surface area contributed by atoms with E-state index in [2.05, 4.69) is 5.32 Å². The molecule has 2 amide bonds. The fourth-order valence-corrected chi connectivity index (χ4v) is 4.77. The minimum Gasteiger partial charge on any atom is -0.481 e. The van der Waals surface area contributed by atoms with Gasteiger partial charge in [-0.3, -0.25) is 19.3 Å². The van der Waals surface area contributed by atoms with E-state index in [1.54, 1.807) is 6.08 Å². The van der Waals surface area contributed by atoms with Crippen LogP contribution in [0.1, 0.15) is 69.8 Å². The largest absolute Gasteiger partial charge is 0.481 e. The number of carbonyl (C=O) groups is 3. The lowest BCUT2D eigenvalue weighted by Gasteiger charge is -2.14. The van der Waals surface area contributed by atoms with Crippen LogP contribution in [0.3, 0.4) is 0 Å². The summed E-state index contributed by atoms with van der Waals surface area (Å²) in [6.45, 7) is 0.929. The molecule has 1 saturated heterocycles. The first kappa shape index (κ1) is 27.8. The summed E-state index contributed by atoms with van der Waals surface area (Å²) in [7, 11) is 0. The second kappa shape index (κ2) is 16.2. The summed E-state index contributed by atoms with van der Waals surface area (Å²) < 4.78 is 0.486. The Morgan fingerprint density at radius 2 is 1.62 bits per heavy atom. The van der Waals surface area contributed by atoms with Crippen LogP contribution in [-0.2, 0) is 14.4 Å². The number of carboxylic acid groups (broad SMARTS) is 1. The second-order valence-electron chi connectivity index (χ2n) is 8.20. The van der Waals surface area contributed by atoms with Gasteiger partial charge >= 0.3 is 5.97 Å². The number of nitrogens with one attached hydrogen (secondary N) is 1. The summed E-state index contributed by atoms with van der Waals surface area (Å²) in [6, 6.07) is 9.85. The van der Waals surface area contributed by atoms with Crippen LogP contribution in [0.25, 0.3) is 6.08 Å². The van der Waals surface area contributed by atoms with Gasteiger partial charge in [-0.2, -0.15) is 0 Å². The molecule has 1 aliphatic heterocycles. The molecule has 0 aromatic heterocycles. The van der Waals surface area contributed by atoms with Gasteiger partial charge in [0, 0.05) is 25.9 Å². The molecule has 1 heterocycles. The maximum absolute atomic E-state index is 12.6. The van der Waals surface area contributed by atoms with E-state index in [0.29, 0.717) is 15.8 Å². The number of unbranched alkanes of at least 4 members (excludes halogenated alkanes) is 7. The first-order valence-electron chi connectivity index (χ1n) is 11.9. The van der Waals surface area contributed by atoms with Crippen molar-refractivity contribution in [1.82, 2.24) is 10.2 Å². The number of amides is 2. The third-order valence-corrected chi connectivity index (χ3v) is 6.81. The number of aliphatic carboxylic acids is 1. The average molecular weight is 503 g/mol. The molecule has 0 saturated carbocycles. The lowest BCUT2D eigenvalue weighted by Crippen LogP contribution is -2.33. The van der Waals surface area contributed by atoms with E-state index >= 15 is 0 Å². The Hall–Kier alpha value is -2.45. The van der Waals surface area contributed by atoms with Crippen molar-refractivity contribution < 1.29 is 19.5 Å². The first-order valence-corrected chi connectivity index (χ1v) is 13.2. The molecule has 0 aliphatic carbocycles. The smallest absolute Gasteiger partial charge is 0.303 e. The number of thioether (sulfide) groups is 1. The van der Waals surface area contributed by atoms with Crippen LogP contribution in [0.5, 0.6) is 0 Å². The van der Waals surface area contributed by atoms with E-state index in [4.69, 9.17) is 17.3 Å². The Bertz CT molecular complexity index is 884. The normalized spacial score (nSPS) is 14.9. The van der Waals surface area contributed by atoms with Gasteiger partial charge in [0.1, 0.15) is 4.32 Å². The van der Waals surface area contributed by atoms with Crippen molar-refractivity contribution in [1.29, 1.82) is 0 Å². The number of benzene rings is 1. The molecule has 184 valence electrons. The van der Waals surface area contributed by atoms with Crippen LogP contribution >= 0.6 is 24.0 Å². The topological polar surface area (TPSA) is 86.7 Å². The van der Waals surface area contributed by atoms with Crippen molar-refractivity contribution in [3.8, 4) is 0 Å². The number of hydrogen-bond donors (Lipinski definition) is 2. The molecule has 0 bridgehead atoms. The summed E-state index contributed by atoms with van der Waals surface area (Å²) in [5.74, 6) is -0.937. The van der Waals surface area contributed by atoms with Crippen LogP contribution in [0.15, 0.2) is 47.4 Å². The fraction of sp³-hybridized carbons (Fsp3) is 0.462. The Labute approximate surface area is 211 Å². The Morgan fingerprint density at radius 3 is 2.29 bits per heavy atom. The molecule has 2 rings (SSSR count). The van der Waals surface area contributed by atoms with Crippen molar-refractivity contribution in [3.05, 3.63) is 53.0 Å². The zero-order valence-electron chi connectivity index (χ0n) is 19.5. The van der Waals surface area contributed by atoms with E-state index in [0.717, 1.165) is 56.9 Å². The lowest BCUT2D eigenvalue weighted by atomic mass is 10.1. The fourth-order valence-electron chi connectivity index (χ4n) is 3.51. The van der Waals surface area contributed by atoms with Gasteiger partial charge in [-0.1, -0.05) is 105 Å². The highest BCUT2D eigenvalue weighted by molar-refractivity contribution is 8.26. The molecule has 6 nitrogen and oxygen atoms in total. The second-order valence-corrected chi connectivity index (χ2v) is 9.87. The molecule has 34 heavy (non-hydrogen) atoms. The number of nitrogens with zero attached hydrogens (tertiary/aromatic N) is 1. The van der Waals surface area contributed by atoms with Gasteiger partial charge in [-0.15, -0.1) is 0 Å². The third-order valence-electron chi connectivity index (χ3n) is 5.41. The van der Waals surface area contributed by atoms with Gasteiger partial charge in [0.2, 0.25) is 5.91 Å². The molecule has 0 spiro atoms. The number of carbonyl (C=O) groups excluding carboxylic acids is 2. The highest BCUT2D eigenvalue weighted by Crippen LogP contribution is 2.31. The molecule has 1 aromatic carbocycles. The molecule has 0 radical (unpaired) electrons. The van der Waals surface area contributed by atoms with Gasteiger partial charge in [-0.05, 0) is 24.5 Å². The predicted molar refractivity (Wildman–Crippen MR) is 142 cm³/mol. The van der Waals surface area contributed by atoms with Gasteiger partial charge < -0.3 is 10.4 Å². The third kappa shape index (κ3) is 11.1.